The highest BCUT2D eigenvalue weighted by Crippen LogP contribution is 2.30. The zero-order chi connectivity index (χ0) is 32.7. The van der Waals surface area contributed by atoms with E-state index in [0.29, 0.717) is 18.7 Å². The van der Waals surface area contributed by atoms with Gasteiger partial charge in [-0.15, -0.1) is 0 Å². The van der Waals surface area contributed by atoms with E-state index in [1.165, 1.54) is 17.2 Å². The summed E-state index contributed by atoms with van der Waals surface area (Å²) < 4.78 is 29.2. The van der Waals surface area contributed by atoms with E-state index in [4.69, 9.17) is 23.7 Å². The summed E-state index contributed by atoms with van der Waals surface area (Å²) in [4.78, 5) is 81.7. The molecule has 0 aromatic carbocycles. The molecule has 2 aliphatic rings. The Kier molecular flexibility index (Phi) is 10.9. The minimum atomic E-state index is -1.58. The van der Waals surface area contributed by atoms with Gasteiger partial charge in [-0.3, -0.25) is 28.8 Å². The van der Waals surface area contributed by atoms with Crippen LogP contribution in [-0.4, -0.2) is 100 Å². The minimum Gasteiger partial charge on any atom is -0.466 e. The number of hydrogen-bond acceptors (Lipinski definition) is 12. The summed E-state index contributed by atoms with van der Waals surface area (Å²) in [5, 5.41) is 2.60. The van der Waals surface area contributed by atoms with Crippen molar-refractivity contribution in [2.75, 3.05) is 19.7 Å². The van der Waals surface area contributed by atoms with E-state index in [1.54, 1.807) is 30.0 Å². The smallest absolute Gasteiger partial charge is 0.309 e. The van der Waals surface area contributed by atoms with Gasteiger partial charge in [-0.1, -0.05) is 0 Å². The van der Waals surface area contributed by atoms with Gasteiger partial charge < -0.3 is 38.5 Å². The summed E-state index contributed by atoms with van der Waals surface area (Å²) >= 11 is 0. The minimum absolute atomic E-state index is 0.117. The first kappa shape index (κ1) is 33.1. The van der Waals surface area contributed by atoms with Crippen LogP contribution in [0.1, 0.15) is 50.9 Å². The first-order chi connectivity index (χ1) is 21.5. The maximum atomic E-state index is 13.9. The SMILES string of the molecule is CCOC(=O)C1CCN(C(=O)C2OC(NC(=O)c3ccc(-n4cccc4)nc3)C(OC(C)=O)C(OC(C)=O)C2OC(C)=O)CC1. The quantitative estimate of drug-likeness (QED) is 0.307. The fourth-order valence-electron chi connectivity index (χ4n) is 5.27. The molecule has 15 nitrogen and oxygen atoms in total. The maximum Gasteiger partial charge on any atom is 0.309 e. The second-order valence-electron chi connectivity index (χ2n) is 10.5. The Bertz CT molecular complexity index is 1390. The third-order valence-electron chi connectivity index (χ3n) is 7.27. The number of likely N-dealkylation sites (tertiary alicyclic amines) is 1. The Morgan fingerprint density at radius 1 is 0.889 bits per heavy atom. The second kappa shape index (κ2) is 14.8. The first-order valence-corrected chi connectivity index (χ1v) is 14.5. The Labute approximate surface area is 259 Å². The summed E-state index contributed by atoms with van der Waals surface area (Å²) in [5.41, 5.74) is 0.117. The van der Waals surface area contributed by atoms with Gasteiger partial charge in [0, 0.05) is 52.5 Å². The molecule has 0 aliphatic carbocycles. The van der Waals surface area contributed by atoms with Gasteiger partial charge in [-0.2, -0.15) is 0 Å². The van der Waals surface area contributed by atoms with E-state index in [-0.39, 0.29) is 31.2 Å². The molecule has 45 heavy (non-hydrogen) atoms. The fourth-order valence-corrected chi connectivity index (χ4v) is 5.27. The van der Waals surface area contributed by atoms with Crippen molar-refractivity contribution in [2.24, 2.45) is 5.92 Å². The number of ether oxygens (including phenoxy) is 5. The molecule has 0 spiro atoms. The van der Waals surface area contributed by atoms with Gasteiger partial charge >= 0.3 is 23.9 Å². The molecule has 2 amide bonds. The van der Waals surface area contributed by atoms with Gasteiger partial charge in [0.25, 0.3) is 11.8 Å². The molecule has 2 aromatic heterocycles. The molecule has 4 heterocycles. The van der Waals surface area contributed by atoms with E-state index in [2.05, 4.69) is 10.3 Å². The lowest BCUT2D eigenvalue weighted by Crippen LogP contribution is -2.68. The second-order valence-corrected chi connectivity index (χ2v) is 10.5. The van der Waals surface area contributed by atoms with Gasteiger partial charge in [0.2, 0.25) is 0 Å². The molecule has 242 valence electrons. The predicted molar refractivity (Wildman–Crippen MR) is 152 cm³/mol. The summed E-state index contributed by atoms with van der Waals surface area (Å²) in [6, 6.07) is 6.77. The van der Waals surface area contributed by atoms with E-state index in [1.807, 2.05) is 12.1 Å². The zero-order valence-corrected chi connectivity index (χ0v) is 25.4. The molecular weight excluding hydrogens is 592 g/mol. The van der Waals surface area contributed by atoms with Crippen molar-refractivity contribution in [2.45, 2.75) is 71.2 Å². The topological polar surface area (TPSA) is 182 Å². The molecule has 0 radical (unpaired) electrons. The van der Waals surface area contributed by atoms with Gasteiger partial charge in [0.05, 0.1) is 18.1 Å². The summed E-state index contributed by atoms with van der Waals surface area (Å²) in [6.07, 6.45) is -2.13. The number of amides is 2. The van der Waals surface area contributed by atoms with Crippen LogP contribution < -0.4 is 5.32 Å². The third-order valence-corrected chi connectivity index (χ3v) is 7.27. The van der Waals surface area contributed by atoms with Crippen LogP contribution in [0.4, 0.5) is 0 Å². The fraction of sp³-hybridized carbons (Fsp3) is 0.500. The standard InChI is InChI=1S/C30H36N4O11/c1-5-41-30(40)20-10-14-34(15-11-20)29(39)26-24(43-18(3)36)23(42-17(2)35)25(44-19(4)37)28(45-26)32-27(38)21-8-9-22(31-16-21)33-12-6-7-13-33/h6-9,12-13,16,20,23-26,28H,5,10-11,14-15H2,1-4H3,(H,32,38). The Hall–Kier alpha value is -4.79. The number of rotatable bonds is 9. The highest BCUT2D eigenvalue weighted by molar-refractivity contribution is 5.94. The van der Waals surface area contributed by atoms with Crippen molar-refractivity contribution in [3.05, 3.63) is 48.4 Å². The molecule has 2 aromatic rings. The molecule has 2 saturated heterocycles. The number of piperidine rings is 1. The number of pyridine rings is 1. The monoisotopic (exact) mass is 628 g/mol. The van der Waals surface area contributed by atoms with Crippen LogP contribution in [0, 0.1) is 5.92 Å². The highest BCUT2D eigenvalue weighted by Gasteiger charge is 2.55. The van der Waals surface area contributed by atoms with Crippen molar-refractivity contribution in [3.8, 4) is 5.82 Å². The van der Waals surface area contributed by atoms with Crippen LogP contribution in [0.5, 0.6) is 0 Å². The summed E-state index contributed by atoms with van der Waals surface area (Å²) in [6.45, 7) is 5.55. The Morgan fingerprint density at radius 3 is 2.04 bits per heavy atom. The van der Waals surface area contributed by atoms with E-state index in [9.17, 15) is 28.8 Å². The van der Waals surface area contributed by atoms with Gasteiger partial charge in [0.1, 0.15) is 5.82 Å². The van der Waals surface area contributed by atoms with E-state index >= 15 is 0 Å². The van der Waals surface area contributed by atoms with Crippen LogP contribution in [0.15, 0.2) is 42.9 Å². The number of hydrogen-bond donors (Lipinski definition) is 1. The van der Waals surface area contributed by atoms with Gasteiger partial charge in [0.15, 0.2) is 30.6 Å². The number of nitrogens with zero attached hydrogens (tertiary/aromatic N) is 3. The zero-order valence-electron chi connectivity index (χ0n) is 25.4. The highest BCUT2D eigenvalue weighted by atomic mass is 16.7. The molecule has 4 rings (SSSR count). The predicted octanol–water partition coefficient (Wildman–Crippen LogP) is 0.924. The molecule has 5 unspecified atom stereocenters. The average Bonchev–Trinajstić information content (AvgIpc) is 3.54. The van der Waals surface area contributed by atoms with Crippen LogP contribution in [0.3, 0.4) is 0 Å². The molecule has 2 fully saturated rings. The molecule has 2 aliphatic heterocycles. The van der Waals surface area contributed by atoms with Crippen molar-refractivity contribution < 1.29 is 52.5 Å². The van der Waals surface area contributed by atoms with Gasteiger partial charge in [-0.05, 0) is 44.0 Å². The molecule has 0 saturated carbocycles. The summed E-state index contributed by atoms with van der Waals surface area (Å²) in [5.74, 6) is -3.99. The van der Waals surface area contributed by atoms with Crippen molar-refractivity contribution >= 4 is 35.7 Å². The number of nitrogens with one attached hydrogen (secondary N) is 1. The number of esters is 4. The number of aromatic nitrogens is 2. The van der Waals surface area contributed by atoms with Crippen LogP contribution in [-0.2, 0) is 47.7 Å². The normalized spacial score (nSPS) is 23.4. The van der Waals surface area contributed by atoms with E-state index < -0.39 is 66.3 Å². The Balaban J connectivity index is 1.62. The molecular formula is C30H36N4O11. The molecule has 0 bridgehead atoms. The number of carbonyl (C=O) groups excluding carboxylic acids is 6. The number of carbonyl (C=O) groups is 6. The van der Waals surface area contributed by atoms with Crippen LogP contribution in [0.25, 0.3) is 5.82 Å². The lowest BCUT2D eigenvalue weighted by molar-refractivity contribution is -0.249. The van der Waals surface area contributed by atoms with Gasteiger partial charge in [-0.25, -0.2) is 4.98 Å². The van der Waals surface area contributed by atoms with Crippen molar-refractivity contribution in [1.82, 2.24) is 19.8 Å². The van der Waals surface area contributed by atoms with E-state index in [0.717, 1.165) is 20.8 Å². The maximum absolute atomic E-state index is 13.9. The van der Waals surface area contributed by atoms with Crippen molar-refractivity contribution in [3.63, 3.8) is 0 Å². The first-order valence-electron chi connectivity index (χ1n) is 14.5. The average molecular weight is 629 g/mol. The lowest BCUT2D eigenvalue weighted by Gasteiger charge is -2.45. The third kappa shape index (κ3) is 8.23. The largest absolute Gasteiger partial charge is 0.466 e. The van der Waals surface area contributed by atoms with Crippen LogP contribution >= 0.6 is 0 Å². The molecule has 15 heteroatoms. The molecule has 5 atom stereocenters. The van der Waals surface area contributed by atoms with Crippen LogP contribution in [0.2, 0.25) is 0 Å². The summed E-state index contributed by atoms with van der Waals surface area (Å²) in [7, 11) is 0. The lowest BCUT2D eigenvalue weighted by atomic mass is 9.93. The molecule has 1 N–H and O–H groups in total. The van der Waals surface area contributed by atoms with Crippen molar-refractivity contribution in [1.29, 1.82) is 0 Å². The Morgan fingerprint density at radius 2 is 1.49 bits per heavy atom.